The van der Waals surface area contributed by atoms with E-state index in [9.17, 15) is 13.2 Å². The van der Waals surface area contributed by atoms with Crippen LogP contribution in [-0.4, -0.2) is 43.6 Å². The molecule has 2 bridgehead atoms. The molecule has 3 aliphatic rings. The number of sulfonamides is 1. The fourth-order valence-electron chi connectivity index (χ4n) is 5.79. The van der Waals surface area contributed by atoms with Crippen LogP contribution < -0.4 is 0 Å². The molecule has 0 N–H and O–H groups in total. The van der Waals surface area contributed by atoms with E-state index in [1.54, 1.807) is 20.1 Å². The number of fused-ring (bicyclic) bond motifs is 1. The predicted molar refractivity (Wildman–Crippen MR) is 97.4 cm³/mol. The molecule has 2 saturated carbocycles. The highest BCUT2D eigenvalue weighted by atomic mass is 32.2. The summed E-state index contributed by atoms with van der Waals surface area (Å²) in [5.41, 5.74) is -0.290. The van der Waals surface area contributed by atoms with E-state index in [4.69, 9.17) is 4.74 Å². The van der Waals surface area contributed by atoms with Crippen LogP contribution in [0.4, 0.5) is 0 Å². The number of carbonyl (C=O) groups is 1. The first-order valence-electron chi connectivity index (χ1n) is 9.32. The van der Waals surface area contributed by atoms with E-state index < -0.39 is 15.9 Å². The Bertz CT molecular complexity index is 671. The summed E-state index contributed by atoms with van der Waals surface area (Å²) in [5, 5.41) is 0. The maximum absolute atomic E-state index is 13.2. The Balaban J connectivity index is 1.89. The Morgan fingerprint density at radius 2 is 2.12 bits per heavy atom. The summed E-state index contributed by atoms with van der Waals surface area (Å²) < 4.78 is 32.7. The smallest absolute Gasteiger partial charge is 0.241 e. The highest BCUT2D eigenvalue weighted by Crippen LogP contribution is 2.70. The first-order valence-corrected chi connectivity index (χ1v) is 10.9. The first-order chi connectivity index (χ1) is 11.6. The largest absolute Gasteiger partial charge is 0.381 e. The Morgan fingerprint density at radius 3 is 2.68 bits per heavy atom. The number of rotatable bonds is 6. The minimum atomic E-state index is -3.56. The molecule has 1 aliphatic heterocycles. The van der Waals surface area contributed by atoms with Crippen LogP contribution in [0.5, 0.6) is 0 Å². The van der Waals surface area contributed by atoms with E-state index in [0.717, 1.165) is 25.7 Å². The summed E-state index contributed by atoms with van der Waals surface area (Å²) in [7, 11) is -1.98. The van der Waals surface area contributed by atoms with Gasteiger partial charge in [-0.2, -0.15) is 0 Å². The number of nitrogens with zero attached hydrogens (tertiary/aromatic N) is 1. The van der Waals surface area contributed by atoms with Gasteiger partial charge in [0.2, 0.25) is 15.9 Å². The standard InChI is InChI=1S/C19H31NO4S/c1-6-7-8-15(24-5)13(2)17(21)20-16-11-14-9-10-19(16,18(14,3)4)12-25(20,22)23/h6,13-16H,1,7-12H2,2-5H3/t13-,14?,15-,16?,19?/m1/s1. The summed E-state index contributed by atoms with van der Waals surface area (Å²) in [5.74, 6) is -0.132. The van der Waals surface area contributed by atoms with Crippen molar-refractivity contribution in [2.45, 2.75) is 65.0 Å². The van der Waals surface area contributed by atoms with Crippen molar-refractivity contribution in [1.82, 2.24) is 4.31 Å². The minimum absolute atomic E-state index is 0.0213. The lowest BCUT2D eigenvalue weighted by Gasteiger charge is -2.37. The van der Waals surface area contributed by atoms with Crippen LogP contribution in [0.3, 0.4) is 0 Å². The van der Waals surface area contributed by atoms with E-state index in [1.165, 1.54) is 4.31 Å². The molecule has 6 heteroatoms. The maximum Gasteiger partial charge on any atom is 0.241 e. The van der Waals surface area contributed by atoms with E-state index in [-0.39, 0.29) is 34.6 Å². The molecule has 142 valence electrons. The molecule has 0 radical (unpaired) electrons. The molecule has 1 heterocycles. The normalized spacial score (nSPS) is 36.9. The van der Waals surface area contributed by atoms with Crippen LogP contribution in [-0.2, 0) is 19.6 Å². The lowest BCUT2D eigenvalue weighted by Crippen LogP contribution is -2.48. The van der Waals surface area contributed by atoms with Crippen molar-refractivity contribution in [2.24, 2.45) is 22.7 Å². The van der Waals surface area contributed by atoms with Gasteiger partial charge in [-0.25, -0.2) is 12.7 Å². The van der Waals surface area contributed by atoms with Crippen LogP contribution in [0.25, 0.3) is 0 Å². The van der Waals surface area contributed by atoms with Gasteiger partial charge in [-0.1, -0.05) is 26.8 Å². The number of amides is 1. The fraction of sp³-hybridized carbons (Fsp3) is 0.842. The maximum atomic E-state index is 13.2. The number of allylic oxidation sites excluding steroid dienone is 1. The van der Waals surface area contributed by atoms with Crippen LogP contribution in [0.2, 0.25) is 0 Å². The molecule has 0 aromatic heterocycles. The van der Waals surface area contributed by atoms with E-state index >= 15 is 0 Å². The van der Waals surface area contributed by atoms with Crippen molar-refractivity contribution in [2.75, 3.05) is 12.9 Å². The van der Waals surface area contributed by atoms with E-state index in [0.29, 0.717) is 12.3 Å². The Kier molecular flexibility index (Phi) is 4.60. The molecule has 3 fully saturated rings. The zero-order chi connectivity index (χ0) is 18.6. The van der Waals surface area contributed by atoms with Crippen molar-refractivity contribution >= 4 is 15.9 Å². The molecule has 2 aliphatic carbocycles. The number of carbonyl (C=O) groups excluding carboxylic acids is 1. The third-order valence-corrected chi connectivity index (χ3v) is 9.45. The van der Waals surface area contributed by atoms with Gasteiger partial charge in [0.25, 0.3) is 0 Å². The monoisotopic (exact) mass is 369 g/mol. The van der Waals surface area contributed by atoms with Gasteiger partial charge in [0.15, 0.2) is 0 Å². The molecular weight excluding hydrogens is 338 g/mol. The van der Waals surface area contributed by atoms with Crippen LogP contribution >= 0.6 is 0 Å². The Morgan fingerprint density at radius 1 is 1.44 bits per heavy atom. The van der Waals surface area contributed by atoms with Crippen molar-refractivity contribution < 1.29 is 17.9 Å². The van der Waals surface area contributed by atoms with Gasteiger partial charge in [-0.15, -0.1) is 6.58 Å². The molecule has 3 rings (SSSR count). The number of ether oxygens (including phenoxy) is 1. The van der Waals surface area contributed by atoms with Crippen molar-refractivity contribution in [3.63, 3.8) is 0 Å². The zero-order valence-corrected chi connectivity index (χ0v) is 16.6. The predicted octanol–water partition coefficient (Wildman–Crippen LogP) is 2.97. The third-order valence-electron chi connectivity index (χ3n) is 7.53. The van der Waals surface area contributed by atoms with Gasteiger partial charge in [0.1, 0.15) is 0 Å². The molecule has 25 heavy (non-hydrogen) atoms. The van der Waals surface area contributed by atoms with Gasteiger partial charge >= 0.3 is 0 Å². The first kappa shape index (κ1) is 18.9. The summed E-state index contributed by atoms with van der Waals surface area (Å²) in [6.45, 7) is 9.89. The Labute approximate surface area is 151 Å². The zero-order valence-electron chi connectivity index (χ0n) is 15.8. The van der Waals surface area contributed by atoms with Crippen LogP contribution in [0.1, 0.15) is 52.9 Å². The Hall–Kier alpha value is -0.880. The van der Waals surface area contributed by atoms with Gasteiger partial charge in [0.05, 0.1) is 23.8 Å². The fourth-order valence-corrected chi connectivity index (χ4v) is 8.41. The van der Waals surface area contributed by atoms with Crippen molar-refractivity contribution in [3.8, 4) is 0 Å². The lowest BCUT2D eigenvalue weighted by molar-refractivity contribution is -0.137. The molecule has 3 unspecified atom stereocenters. The SMILES string of the molecule is C=CCC[C@@H](OC)[C@@H](C)C(=O)N1C2CC3CCC2(CS1(=O)=O)C3(C)C. The number of methoxy groups -OCH3 is 1. The summed E-state index contributed by atoms with van der Waals surface area (Å²) in [4.78, 5) is 13.2. The highest BCUT2D eigenvalue weighted by Gasteiger charge is 2.72. The minimum Gasteiger partial charge on any atom is -0.381 e. The van der Waals surface area contributed by atoms with Gasteiger partial charge in [0, 0.05) is 12.5 Å². The molecule has 1 spiro atoms. The van der Waals surface area contributed by atoms with Gasteiger partial charge in [-0.05, 0) is 43.4 Å². The second kappa shape index (κ2) is 6.08. The average molecular weight is 370 g/mol. The number of hydrogen-bond donors (Lipinski definition) is 0. The van der Waals surface area contributed by atoms with Crippen molar-refractivity contribution in [3.05, 3.63) is 12.7 Å². The molecule has 1 saturated heterocycles. The summed E-state index contributed by atoms with van der Waals surface area (Å²) in [6.07, 6.45) is 5.73. The quantitative estimate of drug-likeness (QED) is 0.675. The van der Waals surface area contributed by atoms with E-state index in [1.807, 2.05) is 0 Å². The topological polar surface area (TPSA) is 63.7 Å². The highest BCUT2D eigenvalue weighted by molar-refractivity contribution is 7.90. The second-order valence-corrected chi connectivity index (χ2v) is 10.5. The molecule has 0 aromatic rings. The summed E-state index contributed by atoms with van der Waals surface area (Å²) in [6, 6.07) is -0.168. The second-order valence-electron chi connectivity index (χ2n) is 8.68. The molecular formula is C19H31NO4S. The van der Waals surface area contributed by atoms with Gasteiger partial charge < -0.3 is 4.74 Å². The van der Waals surface area contributed by atoms with Crippen LogP contribution in [0.15, 0.2) is 12.7 Å². The third kappa shape index (κ3) is 2.51. The van der Waals surface area contributed by atoms with Crippen molar-refractivity contribution in [1.29, 1.82) is 0 Å². The average Bonchev–Trinajstić information content (AvgIpc) is 3.02. The van der Waals surface area contributed by atoms with Crippen LogP contribution in [0, 0.1) is 22.7 Å². The number of hydrogen-bond acceptors (Lipinski definition) is 4. The molecule has 5 atom stereocenters. The molecule has 0 aromatic carbocycles. The molecule has 1 amide bonds. The lowest BCUT2D eigenvalue weighted by atomic mass is 9.69. The van der Waals surface area contributed by atoms with E-state index in [2.05, 4.69) is 20.4 Å². The molecule has 5 nitrogen and oxygen atoms in total. The van der Waals surface area contributed by atoms with Gasteiger partial charge in [-0.3, -0.25) is 4.79 Å². The summed E-state index contributed by atoms with van der Waals surface area (Å²) >= 11 is 0.